The van der Waals surface area contributed by atoms with Crippen molar-refractivity contribution in [3.05, 3.63) is 23.8 Å². The number of hydroxylamine groups is 2. The lowest BCUT2D eigenvalue weighted by Gasteiger charge is -2.17. The normalized spacial score (nSPS) is 12.5. The van der Waals surface area contributed by atoms with Gasteiger partial charge in [-0.15, -0.1) is 0 Å². The third-order valence-electron chi connectivity index (χ3n) is 2.81. The van der Waals surface area contributed by atoms with Gasteiger partial charge in [0.25, 0.3) is 0 Å². The average molecular weight is 269 g/mol. The largest absolute Gasteiger partial charge is 0.493 e. The summed E-state index contributed by atoms with van der Waals surface area (Å²) in [5.41, 5.74) is 1.15. The molecule has 5 nitrogen and oxygen atoms in total. The first-order valence-electron chi connectivity index (χ1n) is 6.40. The molecule has 0 heterocycles. The van der Waals surface area contributed by atoms with Crippen LogP contribution in [0.5, 0.6) is 11.5 Å². The van der Waals surface area contributed by atoms with Crippen molar-refractivity contribution < 1.29 is 19.5 Å². The first-order chi connectivity index (χ1) is 9.10. The van der Waals surface area contributed by atoms with Gasteiger partial charge < -0.3 is 9.47 Å². The van der Waals surface area contributed by atoms with Crippen LogP contribution in [0.2, 0.25) is 0 Å². The predicted octanol–water partition coefficient (Wildman–Crippen LogP) is 2.53. The summed E-state index contributed by atoms with van der Waals surface area (Å²) in [4.78, 5) is 5.16. The summed E-state index contributed by atoms with van der Waals surface area (Å²) in [7, 11) is 3.24. The van der Waals surface area contributed by atoms with Crippen molar-refractivity contribution in [3.63, 3.8) is 0 Å². The molecule has 0 aliphatic rings. The third kappa shape index (κ3) is 5.06. The SMILES string of the molecule is CCN(O)OCC(C)Cc1ccc(OC)c(OC)c1. The molecule has 0 aromatic heterocycles. The van der Waals surface area contributed by atoms with E-state index in [0.717, 1.165) is 28.7 Å². The van der Waals surface area contributed by atoms with E-state index < -0.39 is 0 Å². The van der Waals surface area contributed by atoms with Gasteiger partial charge in [0.05, 0.1) is 20.8 Å². The molecule has 5 heteroatoms. The zero-order chi connectivity index (χ0) is 14.3. The van der Waals surface area contributed by atoms with Gasteiger partial charge in [-0.2, -0.15) is 0 Å². The minimum atomic E-state index is 0.291. The molecule has 1 N–H and O–H groups in total. The molecular formula is C14H23NO4. The topological polar surface area (TPSA) is 51.2 Å². The summed E-state index contributed by atoms with van der Waals surface area (Å²) in [6.07, 6.45) is 0.845. The summed E-state index contributed by atoms with van der Waals surface area (Å²) >= 11 is 0. The number of hydrogen-bond acceptors (Lipinski definition) is 5. The number of hydrogen-bond donors (Lipinski definition) is 1. The second kappa shape index (κ2) is 7.99. The first kappa shape index (κ1) is 15.8. The smallest absolute Gasteiger partial charge is 0.160 e. The molecule has 1 aromatic rings. The zero-order valence-electron chi connectivity index (χ0n) is 12.0. The van der Waals surface area contributed by atoms with Crippen LogP contribution in [0.4, 0.5) is 0 Å². The minimum absolute atomic E-state index is 0.291. The van der Waals surface area contributed by atoms with Crippen LogP contribution >= 0.6 is 0 Å². The molecule has 0 saturated carbocycles. The molecule has 0 spiro atoms. The second-order valence-corrected chi connectivity index (χ2v) is 4.46. The monoisotopic (exact) mass is 269 g/mol. The van der Waals surface area contributed by atoms with Crippen LogP contribution in [-0.4, -0.2) is 37.8 Å². The lowest BCUT2D eigenvalue weighted by atomic mass is 10.0. The fraction of sp³-hybridized carbons (Fsp3) is 0.571. The van der Waals surface area contributed by atoms with E-state index >= 15 is 0 Å². The average Bonchev–Trinajstić information content (AvgIpc) is 2.44. The van der Waals surface area contributed by atoms with E-state index in [9.17, 15) is 5.21 Å². The van der Waals surface area contributed by atoms with Crippen LogP contribution in [0, 0.1) is 5.92 Å². The second-order valence-electron chi connectivity index (χ2n) is 4.46. The highest BCUT2D eigenvalue weighted by Crippen LogP contribution is 2.28. The van der Waals surface area contributed by atoms with E-state index in [1.807, 2.05) is 25.1 Å². The molecule has 108 valence electrons. The maximum atomic E-state index is 9.20. The highest BCUT2D eigenvalue weighted by Gasteiger charge is 2.09. The Morgan fingerprint density at radius 2 is 1.89 bits per heavy atom. The number of methoxy groups -OCH3 is 2. The Balaban J connectivity index is 2.56. The molecular weight excluding hydrogens is 246 g/mol. The lowest BCUT2D eigenvalue weighted by Crippen LogP contribution is -2.23. The number of benzene rings is 1. The van der Waals surface area contributed by atoms with E-state index in [2.05, 4.69) is 6.92 Å². The van der Waals surface area contributed by atoms with Crippen molar-refractivity contribution >= 4 is 0 Å². The third-order valence-corrected chi connectivity index (χ3v) is 2.81. The maximum absolute atomic E-state index is 9.20. The Morgan fingerprint density at radius 3 is 2.47 bits per heavy atom. The van der Waals surface area contributed by atoms with E-state index in [-0.39, 0.29) is 0 Å². The van der Waals surface area contributed by atoms with Gasteiger partial charge in [0.2, 0.25) is 0 Å². The van der Waals surface area contributed by atoms with Crippen molar-refractivity contribution in [1.82, 2.24) is 5.23 Å². The Bertz CT molecular complexity index is 384. The van der Waals surface area contributed by atoms with Gasteiger partial charge in [-0.3, -0.25) is 10.0 Å². The Kier molecular flexibility index (Phi) is 6.62. The first-order valence-corrected chi connectivity index (χ1v) is 6.40. The van der Waals surface area contributed by atoms with Crippen LogP contribution < -0.4 is 9.47 Å². The zero-order valence-corrected chi connectivity index (χ0v) is 12.0. The fourth-order valence-corrected chi connectivity index (χ4v) is 1.77. The van der Waals surface area contributed by atoms with Gasteiger partial charge in [0, 0.05) is 6.54 Å². The number of ether oxygens (including phenoxy) is 2. The van der Waals surface area contributed by atoms with Crippen molar-refractivity contribution in [2.24, 2.45) is 5.92 Å². The predicted molar refractivity (Wildman–Crippen MR) is 72.5 cm³/mol. The molecule has 0 amide bonds. The van der Waals surface area contributed by atoms with Gasteiger partial charge in [0.1, 0.15) is 0 Å². The van der Waals surface area contributed by atoms with E-state index in [4.69, 9.17) is 14.3 Å². The van der Waals surface area contributed by atoms with Gasteiger partial charge in [-0.05, 0) is 37.0 Å². The van der Waals surface area contributed by atoms with Gasteiger partial charge >= 0.3 is 0 Å². The molecule has 1 aromatic carbocycles. The molecule has 0 aliphatic heterocycles. The molecule has 0 radical (unpaired) electrons. The van der Waals surface area contributed by atoms with Gasteiger partial charge in [-0.25, -0.2) is 0 Å². The van der Waals surface area contributed by atoms with Crippen LogP contribution in [0.15, 0.2) is 18.2 Å². The standard InChI is InChI=1S/C14H23NO4/c1-5-15(16)19-10-11(2)8-12-6-7-13(17-3)14(9-12)18-4/h6-7,9,11,16H,5,8,10H2,1-4H3. The highest BCUT2D eigenvalue weighted by atomic mass is 16.9. The van der Waals surface area contributed by atoms with Crippen LogP contribution in [0.25, 0.3) is 0 Å². The van der Waals surface area contributed by atoms with Gasteiger partial charge in [0.15, 0.2) is 11.5 Å². The van der Waals surface area contributed by atoms with E-state index in [0.29, 0.717) is 19.1 Å². The molecule has 0 fully saturated rings. The van der Waals surface area contributed by atoms with Crippen molar-refractivity contribution in [2.75, 3.05) is 27.4 Å². The minimum Gasteiger partial charge on any atom is -0.493 e. The number of nitrogens with zero attached hydrogens (tertiary/aromatic N) is 1. The summed E-state index contributed by atoms with van der Waals surface area (Å²) < 4.78 is 10.5. The maximum Gasteiger partial charge on any atom is 0.160 e. The highest BCUT2D eigenvalue weighted by molar-refractivity contribution is 5.42. The Labute approximate surface area is 114 Å². The molecule has 1 rings (SSSR count). The molecule has 0 bridgehead atoms. The molecule has 1 unspecified atom stereocenters. The molecule has 19 heavy (non-hydrogen) atoms. The summed E-state index contributed by atoms with van der Waals surface area (Å²) in [5.74, 6) is 1.74. The van der Waals surface area contributed by atoms with Crippen molar-refractivity contribution in [2.45, 2.75) is 20.3 Å². The molecule has 0 aliphatic carbocycles. The van der Waals surface area contributed by atoms with Gasteiger partial charge in [-0.1, -0.05) is 18.2 Å². The lowest BCUT2D eigenvalue weighted by molar-refractivity contribution is -0.341. The van der Waals surface area contributed by atoms with E-state index in [1.54, 1.807) is 14.2 Å². The molecule has 1 atom stereocenters. The number of rotatable bonds is 8. The van der Waals surface area contributed by atoms with Crippen LogP contribution in [0.3, 0.4) is 0 Å². The Morgan fingerprint density at radius 1 is 1.21 bits per heavy atom. The Hall–Kier alpha value is -1.30. The van der Waals surface area contributed by atoms with Crippen molar-refractivity contribution in [1.29, 1.82) is 0 Å². The van der Waals surface area contributed by atoms with Crippen LogP contribution in [-0.2, 0) is 11.3 Å². The summed E-state index contributed by atoms with van der Waals surface area (Å²) in [5, 5.41) is 10.1. The molecule has 0 saturated heterocycles. The fourth-order valence-electron chi connectivity index (χ4n) is 1.77. The summed E-state index contributed by atoms with van der Waals surface area (Å²) in [6, 6.07) is 5.87. The summed E-state index contributed by atoms with van der Waals surface area (Å²) in [6.45, 7) is 4.81. The van der Waals surface area contributed by atoms with Crippen LogP contribution in [0.1, 0.15) is 19.4 Å². The van der Waals surface area contributed by atoms with E-state index in [1.165, 1.54) is 0 Å². The quantitative estimate of drug-likeness (QED) is 0.735. The van der Waals surface area contributed by atoms with Crippen molar-refractivity contribution in [3.8, 4) is 11.5 Å².